The van der Waals surface area contributed by atoms with Gasteiger partial charge in [0.05, 0.1) is 11.0 Å². The number of para-hydroxylation sites is 2. The maximum absolute atomic E-state index is 12.6. The summed E-state index contributed by atoms with van der Waals surface area (Å²) in [7, 11) is 0. The molecule has 1 atom stereocenters. The first kappa shape index (κ1) is 18.5. The van der Waals surface area contributed by atoms with Crippen molar-refractivity contribution in [1.29, 1.82) is 0 Å². The van der Waals surface area contributed by atoms with Gasteiger partial charge in [0.2, 0.25) is 5.91 Å². The molecule has 1 heterocycles. The van der Waals surface area contributed by atoms with Crippen molar-refractivity contribution in [2.75, 3.05) is 5.75 Å². The van der Waals surface area contributed by atoms with Gasteiger partial charge in [-0.1, -0.05) is 23.9 Å². The number of thioether (sulfide) groups is 1. The molecule has 4 aliphatic carbocycles. The molecule has 150 valence electrons. The van der Waals surface area contributed by atoms with E-state index in [1.54, 1.807) is 11.8 Å². The van der Waals surface area contributed by atoms with E-state index in [4.69, 9.17) is 0 Å². The molecule has 0 radical (unpaired) electrons. The summed E-state index contributed by atoms with van der Waals surface area (Å²) >= 11 is 1.71. The van der Waals surface area contributed by atoms with Crippen molar-refractivity contribution in [3.8, 4) is 0 Å². The van der Waals surface area contributed by atoms with Gasteiger partial charge in [0.15, 0.2) is 5.16 Å². The molecule has 1 aromatic heterocycles. The van der Waals surface area contributed by atoms with E-state index in [9.17, 15) is 4.79 Å². The van der Waals surface area contributed by atoms with Crippen LogP contribution in [0.15, 0.2) is 29.4 Å². The van der Waals surface area contributed by atoms with E-state index in [1.807, 2.05) is 24.3 Å². The van der Waals surface area contributed by atoms with E-state index in [2.05, 4.69) is 22.2 Å². The van der Waals surface area contributed by atoms with Gasteiger partial charge < -0.3 is 10.3 Å². The van der Waals surface area contributed by atoms with Crippen molar-refractivity contribution in [1.82, 2.24) is 15.3 Å². The molecular weight excluding hydrogens is 366 g/mol. The number of nitrogens with one attached hydrogen (secondary N) is 2. The summed E-state index contributed by atoms with van der Waals surface area (Å²) in [4.78, 5) is 20.5. The lowest BCUT2D eigenvalue weighted by Gasteiger charge is -2.59. The van der Waals surface area contributed by atoms with Crippen LogP contribution in [0, 0.1) is 23.2 Å². The Hall–Kier alpha value is -1.49. The van der Waals surface area contributed by atoms with Crippen LogP contribution in [-0.2, 0) is 4.79 Å². The van der Waals surface area contributed by atoms with Crippen LogP contribution in [0.3, 0.4) is 0 Å². The van der Waals surface area contributed by atoms with Crippen molar-refractivity contribution in [2.24, 2.45) is 23.2 Å². The molecule has 0 saturated heterocycles. The second-order valence-electron chi connectivity index (χ2n) is 9.58. The maximum Gasteiger partial charge on any atom is 0.220 e. The van der Waals surface area contributed by atoms with Crippen LogP contribution in [0.2, 0.25) is 0 Å². The molecule has 1 amide bonds. The number of amides is 1. The highest BCUT2D eigenvalue weighted by molar-refractivity contribution is 7.99. The standard InChI is InChI=1S/C23H31N3OS/c1-15(23-12-16-9-17(13-23)11-18(10-16)14-23)24-21(27)7-4-8-28-22-25-19-5-2-3-6-20(19)26-22/h2-3,5-6,15-18H,4,7-14H2,1H3,(H,24,27)(H,25,26)/t15-,16?,17?,18?,23?/m1/s1. The Kier molecular flexibility index (Phi) is 4.90. The first-order valence-corrected chi connectivity index (χ1v) is 12.0. The highest BCUT2D eigenvalue weighted by Gasteiger charge is 2.53. The number of hydrogen-bond donors (Lipinski definition) is 2. The van der Waals surface area contributed by atoms with Gasteiger partial charge in [-0.25, -0.2) is 4.98 Å². The summed E-state index contributed by atoms with van der Waals surface area (Å²) in [5, 5.41) is 4.33. The van der Waals surface area contributed by atoms with Crippen molar-refractivity contribution < 1.29 is 4.79 Å². The molecule has 4 nitrogen and oxygen atoms in total. The molecule has 0 aliphatic heterocycles. The molecule has 4 fully saturated rings. The van der Waals surface area contributed by atoms with Crippen LogP contribution in [-0.4, -0.2) is 27.7 Å². The van der Waals surface area contributed by atoms with Crippen molar-refractivity contribution in [2.45, 2.75) is 69.5 Å². The number of imidazole rings is 1. The van der Waals surface area contributed by atoms with Gasteiger partial charge in [-0.2, -0.15) is 0 Å². The predicted octanol–water partition coefficient (Wildman–Crippen LogP) is 5.16. The number of rotatable bonds is 7. The minimum absolute atomic E-state index is 0.230. The number of H-pyrrole nitrogens is 1. The fourth-order valence-electron chi connectivity index (χ4n) is 6.57. The highest BCUT2D eigenvalue weighted by Crippen LogP contribution is 2.61. The Morgan fingerprint density at radius 1 is 1.21 bits per heavy atom. The summed E-state index contributed by atoms with van der Waals surface area (Å²) < 4.78 is 0. The summed E-state index contributed by atoms with van der Waals surface area (Å²) in [5.41, 5.74) is 2.48. The van der Waals surface area contributed by atoms with Crippen LogP contribution in [0.25, 0.3) is 11.0 Å². The summed E-state index contributed by atoms with van der Waals surface area (Å²) in [6, 6.07) is 8.43. The number of carbonyl (C=O) groups is 1. The normalized spacial score (nSPS) is 32.0. The number of carbonyl (C=O) groups excluding carboxylic acids is 1. The Bertz CT molecular complexity index is 792. The average Bonchev–Trinajstić information content (AvgIpc) is 3.07. The number of aromatic nitrogens is 2. The first-order chi connectivity index (χ1) is 13.6. The molecule has 1 aromatic carbocycles. The van der Waals surface area contributed by atoms with Gasteiger partial charge >= 0.3 is 0 Å². The SMILES string of the molecule is C[C@@H](NC(=O)CCCSc1nc2ccccc2[nH]1)C12CC3CC(CC(C3)C1)C2. The summed E-state index contributed by atoms with van der Waals surface area (Å²) in [5.74, 6) is 3.95. The zero-order valence-corrected chi connectivity index (χ0v) is 17.6. The molecule has 4 bridgehead atoms. The van der Waals surface area contributed by atoms with E-state index in [0.717, 1.165) is 46.1 Å². The number of aromatic amines is 1. The van der Waals surface area contributed by atoms with Gasteiger partial charge in [-0.05, 0) is 87.2 Å². The molecule has 2 aromatic rings. The summed E-state index contributed by atoms with van der Waals surface area (Å²) in [6.07, 6.45) is 9.93. The molecule has 4 aliphatic rings. The molecule has 0 spiro atoms. The molecule has 0 unspecified atom stereocenters. The van der Waals surface area contributed by atoms with Crippen molar-refractivity contribution in [3.63, 3.8) is 0 Å². The average molecular weight is 398 g/mol. The Balaban J connectivity index is 1.09. The highest BCUT2D eigenvalue weighted by atomic mass is 32.2. The van der Waals surface area contributed by atoms with Gasteiger partial charge in [-0.15, -0.1) is 0 Å². The zero-order chi connectivity index (χ0) is 19.1. The largest absolute Gasteiger partial charge is 0.353 e. The molecule has 4 saturated carbocycles. The minimum Gasteiger partial charge on any atom is -0.353 e. The van der Waals surface area contributed by atoms with E-state index in [-0.39, 0.29) is 5.91 Å². The monoisotopic (exact) mass is 397 g/mol. The Morgan fingerprint density at radius 2 is 1.89 bits per heavy atom. The van der Waals surface area contributed by atoms with Gasteiger partial charge in [0, 0.05) is 18.2 Å². The lowest BCUT2D eigenvalue weighted by Crippen LogP contribution is -2.55. The molecule has 2 N–H and O–H groups in total. The maximum atomic E-state index is 12.6. The molecule has 6 rings (SSSR count). The second-order valence-corrected chi connectivity index (χ2v) is 10.7. The Labute approximate surface area is 171 Å². The van der Waals surface area contributed by atoms with Crippen molar-refractivity contribution in [3.05, 3.63) is 24.3 Å². The lowest BCUT2D eigenvalue weighted by molar-refractivity contribution is -0.125. The van der Waals surface area contributed by atoms with Gasteiger partial charge in [0.1, 0.15) is 0 Å². The van der Waals surface area contributed by atoms with E-state index in [1.165, 1.54) is 38.5 Å². The van der Waals surface area contributed by atoms with Crippen LogP contribution in [0.5, 0.6) is 0 Å². The minimum atomic E-state index is 0.230. The van der Waals surface area contributed by atoms with Crippen molar-refractivity contribution >= 4 is 28.7 Å². The molecule has 28 heavy (non-hydrogen) atoms. The van der Waals surface area contributed by atoms with Crippen LogP contribution >= 0.6 is 11.8 Å². The third-order valence-corrected chi connectivity index (χ3v) is 8.50. The Morgan fingerprint density at radius 3 is 2.57 bits per heavy atom. The fraction of sp³-hybridized carbons (Fsp3) is 0.652. The zero-order valence-electron chi connectivity index (χ0n) is 16.7. The molecule has 5 heteroatoms. The number of hydrogen-bond acceptors (Lipinski definition) is 3. The fourth-order valence-corrected chi connectivity index (χ4v) is 7.40. The van der Waals surface area contributed by atoms with E-state index in [0.29, 0.717) is 17.9 Å². The molecular formula is C23H31N3OS. The topological polar surface area (TPSA) is 57.8 Å². The van der Waals surface area contributed by atoms with Crippen LogP contribution < -0.4 is 5.32 Å². The third kappa shape index (κ3) is 3.58. The van der Waals surface area contributed by atoms with E-state index >= 15 is 0 Å². The van der Waals surface area contributed by atoms with E-state index < -0.39 is 0 Å². The summed E-state index contributed by atoms with van der Waals surface area (Å²) in [6.45, 7) is 2.27. The van der Waals surface area contributed by atoms with Gasteiger partial charge in [-0.3, -0.25) is 4.79 Å². The van der Waals surface area contributed by atoms with Crippen LogP contribution in [0.1, 0.15) is 58.3 Å². The number of fused-ring (bicyclic) bond motifs is 1. The van der Waals surface area contributed by atoms with Gasteiger partial charge in [0.25, 0.3) is 0 Å². The lowest BCUT2D eigenvalue weighted by atomic mass is 9.48. The third-order valence-electron chi connectivity index (χ3n) is 7.54. The van der Waals surface area contributed by atoms with Crippen LogP contribution in [0.4, 0.5) is 0 Å². The smallest absolute Gasteiger partial charge is 0.220 e. The first-order valence-electron chi connectivity index (χ1n) is 11.0. The predicted molar refractivity (Wildman–Crippen MR) is 114 cm³/mol. The second kappa shape index (κ2) is 7.40. The number of benzene rings is 1. The number of nitrogens with zero attached hydrogens (tertiary/aromatic N) is 1. The quantitative estimate of drug-likeness (QED) is 0.501.